The molecule has 2 aromatic rings. The average molecular weight is 238 g/mol. The summed E-state index contributed by atoms with van der Waals surface area (Å²) in [7, 11) is -3.56. The van der Waals surface area contributed by atoms with Gasteiger partial charge in [-0.15, -0.1) is 0 Å². The summed E-state index contributed by atoms with van der Waals surface area (Å²) in [6.45, 7) is 1.74. The summed E-state index contributed by atoms with van der Waals surface area (Å²) in [6, 6.07) is 6.75. The molecule has 1 N–H and O–H groups in total. The van der Waals surface area contributed by atoms with Gasteiger partial charge in [0.2, 0.25) is 0 Å². The first-order valence-corrected chi connectivity index (χ1v) is 6.06. The van der Waals surface area contributed by atoms with E-state index in [1.54, 1.807) is 31.2 Å². The van der Waals surface area contributed by atoms with Crippen LogP contribution in [0.4, 0.5) is 5.69 Å². The third kappa shape index (κ3) is 2.06. The maximum atomic E-state index is 11.9. The largest absolute Gasteiger partial charge is 0.362 e. The van der Waals surface area contributed by atoms with Gasteiger partial charge in [0.1, 0.15) is 12.0 Å². The number of anilines is 1. The highest BCUT2D eigenvalue weighted by atomic mass is 32.2. The lowest BCUT2D eigenvalue weighted by atomic mass is 10.2. The Kier molecular flexibility index (Phi) is 2.66. The van der Waals surface area contributed by atoms with Gasteiger partial charge < -0.3 is 4.52 Å². The molecule has 1 heterocycles. The van der Waals surface area contributed by atoms with Crippen LogP contribution in [0.5, 0.6) is 0 Å². The first-order chi connectivity index (χ1) is 7.59. The van der Waals surface area contributed by atoms with Crippen molar-refractivity contribution in [2.24, 2.45) is 0 Å². The molecule has 5 nitrogen and oxygen atoms in total. The molecule has 0 fully saturated rings. The van der Waals surface area contributed by atoms with Crippen LogP contribution in [0.15, 0.2) is 46.1 Å². The monoisotopic (exact) mass is 238 g/mol. The van der Waals surface area contributed by atoms with Gasteiger partial charge >= 0.3 is 0 Å². The Morgan fingerprint density at radius 2 is 2.06 bits per heavy atom. The highest BCUT2D eigenvalue weighted by Gasteiger charge is 2.16. The number of hydrogen-bond donors (Lipinski definition) is 1. The zero-order valence-corrected chi connectivity index (χ0v) is 9.36. The fraction of sp³-hybridized carbons (Fsp3) is 0.100. The van der Waals surface area contributed by atoms with E-state index in [2.05, 4.69) is 14.4 Å². The molecule has 84 valence electrons. The maximum Gasteiger partial charge on any atom is 0.262 e. The van der Waals surface area contributed by atoms with Crippen molar-refractivity contribution in [1.82, 2.24) is 5.16 Å². The lowest BCUT2D eigenvalue weighted by molar-refractivity contribution is 0.420. The number of hydrogen-bond acceptors (Lipinski definition) is 4. The SMILES string of the molecule is Cc1ccccc1S(=O)(=O)Nc1cnoc1. The molecular weight excluding hydrogens is 228 g/mol. The Bertz CT molecular complexity index is 576. The molecule has 16 heavy (non-hydrogen) atoms. The van der Waals surface area contributed by atoms with E-state index in [0.717, 1.165) is 0 Å². The van der Waals surface area contributed by atoms with Crippen molar-refractivity contribution in [3.05, 3.63) is 42.3 Å². The molecule has 0 unspecified atom stereocenters. The Hall–Kier alpha value is -1.82. The van der Waals surface area contributed by atoms with E-state index in [0.29, 0.717) is 11.3 Å². The van der Waals surface area contributed by atoms with Crippen LogP contribution in [0.1, 0.15) is 5.56 Å². The van der Waals surface area contributed by atoms with Crippen LogP contribution in [0.3, 0.4) is 0 Å². The van der Waals surface area contributed by atoms with E-state index in [1.165, 1.54) is 12.5 Å². The van der Waals surface area contributed by atoms with Gasteiger partial charge in [-0.25, -0.2) is 8.42 Å². The summed E-state index contributed by atoms with van der Waals surface area (Å²) in [5.41, 5.74) is 0.995. The molecule has 0 bridgehead atoms. The van der Waals surface area contributed by atoms with Crippen LogP contribution >= 0.6 is 0 Å². The van der Waals surface area contributed by atoms with Crippen LogP contribution in [-0.4, -0.2) is 13.6 Å². The first kappa shape index (κ1) is 10.7. The van der Waals surface area contributed by atoms with Crippen molar-refractivity contribution in [1.29, 1.82) is 0 Å². The van der Waals surface area contributed by atoms with E-state index in [-0.39, 0.29) is 4.90 Å². The third-order valence-corrected chi connectivity index (χ3v) is 3.61. The third-order valence-electron chi connectivity index (χ3n) is 2.07. The van der Waals surface area contributed by atoms with Gasteiger partial charge in [-0.1, -0.05) is 23.4 Å². The van der Waals surface area contributed by atoms with Crippen molar-refractivity contribution in [3.63, 3.8) is 0 Å². The molecule has 0 aliphatic rings. The number of sulfonamides is 1. The lowest BCUT2D eigenvalue weighted by Crippen LogP contribution is -2.13. The Morgan fingerprint density at radius 1 is 1.31 bits per heavy atom. The van der Waals surface area contributed by atoms with Crippen molar-refractivity contribution in [3.8, 4) is 0 Å². The van der Waals surface area contributed by atoms with Crippen LogP contribution in [0, 0.1) is 6.92 Å². The summed E-state index contributed by atoms with van der Waals surface area (Å²) in [5.74, 6) is 0. The summed E-state index contributed by atoms with van der Waals surface area (Å²) in [4.78, 5) is 0.246. The van der Waals surface area contributed by atoms with Crippen LogP contribution in [-0.2, 0) is 10.0 Å². The molecule has 1 aromatic carbocycles. The summed E-state index contributed by atoms with van der Waals surface area (Å²) < 4.78 is 30.8. The fourth-order valence-corrected chi connectivity index (χ4v) is 2.59. The topological polar surface area (TPSA) is 72.2 Å². The standard InChI is InChI=1S/C10H10N2O3S/c1-8-4-2-3-5-10(8)16(13,14)12-9-6-11-15-7-9/h2-7,12H,1H3. The van der Waals surface area contributed by atoms with Crippen molar-refractivity contribution < 1.29 is 12.9 Å². The molecule has 0 saturated carbocycles. The van der Waals surface area contributed by atoms with Crippen molar-refractivity contribution in [2.75, 3.05) is 4.72 Å². The van der Waals surface area contributed by atoms with Crippen LogP contribution in [0.25, 0.3) is 0 Å². The van der Waals surface area contributed by atoms with E-state index < -0.39 is 10.0 Å². The Balaban J connectivity index is 2.37. The molecule has 6 heteroatoms. The fourth-order valence-electron chi connectivity index (χ4n) is 1.32. The molecule has 1 aromatic heterocycles. The number of nitrogens with zero attached hydrogens (tertiary/aromatic N) is 1. The highest BCUT2D eigenvalue weighted by Crippen LogP contribution is 2.18. The second kappa shape index (κ2) is 3.97. The summed E-state index contributed by atoms with van der Waals surface area (Å²) >= 11 is 0. The minimum atomic E-state index is -3.56. The highest BCUT2D eigenvalue weighted by molar-refractivity contribution is 7.92. The minimum Gasteiger partial charge on any atom is -0.362 e. The molecule has 2 rings (SSSR count). The van der Waals surface area contributed by atoms with Gasteiger partial charge in [0, 0.05) is 0 Å². The second-order valence-electron chi connectivity index (χ2n) is 3.28. The molecule has 0 aliphatic carbocycles. The second-order valence-corrected chi connectivity index (χ2v) is 4.93. The van der Waals surface area contributed by atoms with Gasteiger partial charge in [-0.2, -0.15) is 0 Å². The van der Waals surface area contributed by atoms with Gasteiger partial charge in [0.25, 0.3) is 10.0 Å². The molecule has 0 saturated heterocycles. The van der Waals surface area contributed by atoms with Gasteiger partial charge in [-0.3, -0.25) is 4.72 Å². The van der Waals surface area contributed by atoms with Gasteiger partial charge in [0.05, 0.1) is 11.1 Å². The van der Waals surface area contributed by atoms with E-state index in [9.17, 15) is 8.42 Å². The predicted octanol–water partition coefficient (Wildman–Crippen LogP) is 1.78. The number of benzene rings is 1. The zero-order chi connectivity index (χ0) is 11.6. The number of aromatic nitrogens is 1. The molecule has 0 aliphatic heterocycles. The van der Waals surface area contributed by atoms with Gasteiger partial charge in [-0.05, 0) is 18.6 Å². The van der Waals surface area contributed by atoms with Crippen LogP contribution in [0.2, 0.25) is 0 Å². The van der Waals surface area contributed by atoms with Crippen molar-refractivity contribution >= 4 is 15.7 Å². The Morgan fingerprint density at radius 3 is 2.69 bits per heavy atom. The van der Waals surface area contributed by atoms with Crippen LogP contribution < -0.4 is 4.72 Å². The summed E-state index contributed by atoms with van der Waals surface area (Å²) in [5, 5.41) is 3.42. The number of aryl methyl sites for hydroxylation is 1. The molecule has 0 atom stereocenters. The quantitative estimate of drug-likeness (QED) is 0.884. The summed E-state index contributed by atoms with van der Waals surface area (Å²) in [6.07, 6.45) is 2.53. The molecule has 0 spiro atoms. The minimum absolute atomic E-state index is 0.246. The smallest absolute Gasteiger partial charge is 0.262 e. The first-order valence-electron chi connectivity index (χ1n) is 4.57. The molecule has 0 amide bonds. The normalized spacial score (nSPS) is 11.3. The van der Waals surface area contributed by atoms with E-state index in [4.69, 9.17) is 0 Å². The maximum absolute atomic E-state index is 11.9. The molecular formula is C10H10N2O3S. The van der Waals surface area contributed by atoms with Crippen molar-refractivity contribution in [2.45, 2.75) is 11.8 Å². The van der Waals surface area contributed by atoms with E-state index >= 15 is 0 Å². The average Bonchev–Trinajstić information content (AvgIpc) is 2.70. The van der Waals surface area contributed by atoms with Gasteiger partial charge in [0.15, 0.2) is 0 Å². The molecule has 0 radical (unpaired) electrons. The predicted molar refractivity (Wildman–Crippen MR) is 58.5 cm³/mol. The lowest BCUT2D eigenvalue weighted by Gasteiger charge is -2.07. The number of nitrogens with one attached hydrogen (secondary N) is 1. The number of rotatable bonds is 3. The van der Waals surface area contributed by atoms with E-state index in [1.807, 2.05) is 0 Å². The zero-order valence-electron chi connectivity index (χ0n) is 8.54. The Labute approximate surface area is 93.1 Å².